The summed E-state index contributed by atoms with van der Waals surface area (Å²) in [5.74, 6) is -0.497. The Labute approximate surface area is 162 Å². The van der Waals surface area contributed by atoms with Crippen molar-refractivity contribution in [3.8, 4) is 0 Å². The van der Waals surface area contributed by atoms with Crippen LogP contribution in [0.2, 0.25) is 0 Å². The van der Waals surface area contributed by atoms with Gasteiger partial charge in [-0.2, -0.15) is 5.10 Å². The lowest BCUT2D eigenvalue weighted by Gasteiger charge is -2.25. The van der Waals surface area contributed by atoms with Crippen molar-refractivity contribution in [2.45, 2.75) is 40.8 Å². The molecule has 2 heterocycles. The second-order valence-electron chi connectivity index (χ2n) is 7.46. The van der Waals surface area contributed by atoms with E-state index in [1.807, 2.05) is 27.7 Å². The average Bonchev–Trinajstić information content (AvgIpc) is 3.05. The van der Waals surface area contributed by atoms with E-state index >= 15 is 0 Å². The minimum Gasteiger partial charge on any atom is -0.383 e. The Kier molecular flexibility index (Phi) is 6.76. The van der Waals surface area contributed by atoms with E-state index in [1.165, 1.54) is 26.4 Å². The van der Waals surface area contributed by atoms with E-state index < -0.39 is 23.8 Å². The number of alkyl halides is 1. The lowest BCUT2D eigenvalue weighted by Crippen LogP contribution is -2.43. The van der Waals surface area contributed by atoms with Crippen LogP contribution in [0.15, 0.2) is 21.9 Å². The molecule has 0 saturated carbocycles. The molecule has 1 amide bonds. The van der Waals surface area contributed by atoms with Crippen LogP contribution in [0.5, 0.6) is 0 Å². The van der Waals surface area contributed by atoms with Gasteiger partial charge in [0.2, 0.25) is 0 Å². The number of nitrogens with one attached hydrogen (secondary N) is 1. The van der Waals surface area contributed by atoms with Crippen LogP contribution >= 0.6 is 0 Å². The average molecular weight is 394 g/mol. The van der Waals surface area contributed by atoms with Gasteiger partial charge in [0.05, 0.1) is 6.54 Å². The van der Waals surface area contributed by atoms with Gasteiger partial charge >= 0.3 is 5.69 Å². The molecule has 3 N–H and O–H groups in total. The monoisotopic (exact) mass is 394 g/mol. The molecule has 2 aromatic rings. The summed E-state index contributed by atoms with van der Waals surface area (Å²) in [5.41, 5.74) is 4.78. The number of hydrogen-bond donors (Lipinski definition) is 2. The number of rotatable bonds is 8. The number of carbonyl (C=O) groups is 1. The molecule has 28 heavy (non-hydrogen) atoms. The fourth-order valence-corrected chi connectivity index (χ4v) is 2.85. The standard InChI is InChI=1S/C18H27FN6O3/c1-11(2)9-24(17(27)13-5-7-23(22-13)8-6-19)14-15(20)25(10-12(3)4)18(28)21-16(14)26/h5,7,11-12H,6,8-10,20H2,1-4H3,(H,21,26,28). The van der Waals surface area contributed by atoms with Gasteiger partial charge in [-0.05, 0) is 17.9 Å². The zero-order valence-corrected chi connectivity index (χ0v) is 16.6. The van der Waals surface area contributed by atoms with Crippen molar-refractivity contribution in [1.29, 1.82) is 0 Å². The van der Waals surface area contributed by atoms with Crippen molar-refractivity contribution in [3.05, 3.63) is 38.8 Å². The van der Waals surface area contributed by atoms with Gasteiger partial charge in [-0.1, -0.05) is 27.7 Å². The van der Waals surface area contributed by atoms with E-state index in [0.717, 1.165) is 0 Å². The lowest BCUT2D eigenvalue weighted by molar-refractivity contribution is 0.0977. The van der Waals surface area contributed by atoms with Gasteiger partial charge in [-0.15, -0.1) is 0 Å². The Bertz CT molecular complexity index is 944. The van der Waals surface area contributed by atoms with Crippen molar-refractivity contribution in [1.82, 2.24) is 19.3 Å². The molecule has 0 radical (unpaired) electrons. The third kappa shape index (κ3) is 4.68. The number of nitrogen functional groups attached to an aromatic ring is 1. The van der Waals surface area contributed by atoms with Gasteiger partial charge < -0.3 is 5.73 Å². The van der Waals surface area contributed by atoms with Crippen LogP contribution in [0.3, 0.4) is 0 Å². The number of aryl methyl sites for hydroxylation is 1. The molecule has 154 valence electrons. The van der Waals surface area contributed by atoms with Crippen LogP contribution in [0.4, 0.5) is 15.9 Å². The summed E-state index contributed by atoms with van der Waals surface area (Å²) in [5, 5.41) is 4.07. The third-order valence-corrected chi connectivity index (χ3v) is 4.00. The van der Waals surface area contributed by atoms with Crippen molar-refractivity contribution in [2.75, 3.05) is 23.9 Å². The molecular weight excluding hydrogens is 367 g/mol. The quantitative estimate of drug-likeness (QED) is 0.698. The summed E-state index contributed by atoms with van der Waals surface area (Å²) in [6.07, 6.45) is 1.49. The molecule has 0 saturated heterocycles. The van der Waals surface area contributed by atoms with Gasteiger partial charge in [0.1, 0.15) is 12.5 Å². The summed E-state index contributed by atoms with van der Waals surface area (Å²) in [7, 11) is 0. The first-order valence-electron chi connectivity index (χ1n) is 9.19. The maximum Gasteiger partial charge on any atom is 0.330 e. The van der Waals surface area contributed by atoms with Gasteiger partial charge in [-0.3, -0.25) is 28.7 Å². The Morgan fingerprint density at radius 2 is 1.96 bits per heavy atom. The van der Waals surface area contributed by atoms with Gasteiger partial charge in [-0.25, -0.2) is 9.18 Å². The SMILES string of the molecule is CC(C)CN(C(=O)c1ccn(CCF)n1)c1c(N)n(CC(C)C)c(=O)[nH]c1=O. The molecule has 0 atom stereocenters. The predicted molar refractivity (Wildman–Crippen MR) is 105 cm³/mol. The van der Waals surface area contributed by atoms with Crippen molar-refractivity contribution in [3.63, 3.8) is 0 Å². The number of anilines is 2. The third-order valence-electron chi connectivity index (χ3n) is 4.00. The van der Waals surface area contributed by atoms with Gasteiger partial charge in [0.15, 0.2) is 11.4 Å². The van der Waals surface area contributed by atoms with Crippen LogP contribution in [-0.2, 0) is 13.1 Å². The molecule has 9 nitrogen and oxygen atoms in total. The van der Waals surface area contributed by atoms with E-state index in [4.69, 9.17) is 5.73 Å². The van der Waals surface area contributed by atoms with Crippen molar-refractivity contribution < 1.29 is 9.18 Å². The highest BCUT2D eigenvalue weighted by Gasteiger charge is 2.27. The van der Waals surface area contributed by atoms with Crippen LogP contribution in [0, 0.1) is 11.8 Å². The number of amides is 1. The Morgan fingerprint density at radius 3 is 2.54 bits per heavy atom. The Balaban J connectivity index is 2.57. The van der Waals surface area contributed by atoms with E-state index in [2.05, 4.69) is 10.1 Å². The highest BCUT2D eigenvalue weighted by Crippen LogP contribution is 2.21. The smallest absolute Gasteiger partial charge is 0.330 e. The first-order chi connectivity index (χ1) is 13.1. The first-order valence-corrected chi connectivity index (χ1v) is 9.19. The Morgan fingerprint density at radius 1 is 1.29 bits per heavy atom. The molecule has 2 aromatic heterocycles. The summed E-state index contributed by atoms with van der Waals surface area (Å²) < 4.78 is 15.1. The molecule has 2 rings (SSSR count). The maximum atomic E-state index is 13.1. The minimum absolute atomic E-state index is 0.0150. The summed E-state index contributed by atoms with van der Waals surface area (Å²) in [6, 6.07) is 1.46. The molecular formula is C18H27FN6O3. The van der Waals surface area contributed by atoms with Crippen molar-refractivity contribution >= 4 is 17.4 Å². The zero-order chi connectivity index (χ0) is 21.0. The normalized spacial score (nSPS) is 11.4. The minimum atomic E-state index is -0.736. The van der Waals surface area contributed by atoms with E-state index in [9.17, 15) is 18.8 Å². The van der Waals surface area contributed by atoms with Gasteiger partial charge in [0.25, 0.3) is 11.5 Å². The number of nitrogens with two attached hydrogens (primary N) is 1. The number of carbonyl (C=O) groups excluding carboxylic acids is 1. The molecule has 0 aliphatic rings. The summed E-state index contributed by atoms with van der Waals surface area (Å²) in [4.78, 5) is 41.3. The van der Waals surface area contributed by atoms with E-state index in [-0.39, 0.29) is 42.1 Å². The predicted octanol–water partition coefficient (Wildman–Crippen LogP) is 1.24. The number of aromatic nitrogens is 4. The molecule has 0 aliphatic carbocycles. The fourth-order valence-electron chi connectivity index (χ4n) is 2.85. The number of halogens is 1. The highest BCUT2D eigenvalue weighted by atomic mass is 19.1. The number of hydrogen-bond acceptors (Lipinski definition) is 5. The zero-order valence-electron chi connectivity index (χ0n) is 16.6. The van der Waals surface area contributed by atoms with E-state index in [1.54, 1.807) is 0 Å². The number of nitrogens with zero attached hydrogens (tertiary/aromatic N) is 4. The highest BCUT2D eigenvalue weighted by molar-refractivity contribution is 6.05. The van der Waals surface area contributed by atoms with E-state index in [0.29, 0.717) is 6.54 Å². The van der Waals surface area contributed by atoms with Crippen LogP contribution in [0.25, 0.3) is 0 Å². The molecule has 0 spiro atoms. The molecule has 0 bridgehead atoms. The topological polar surface area (TPSA) is 119 Å². The van der Waals surface area contributed by atoms with Gasteiger partial charge in [0, 0.05) is 19.3 Å². The van der Waals surface area contributed by atoms with Crippen molar-refractivity contribution in [2.24, 2.45) is 11.8 Å². The number of aromatic amines is 1. The maximum absolute atomic E-state index is 13.1. The fraction of sp³-hybridized carbons (Fsp3) is 0.556. The number of H-pyrrole nitrogens is 1. The van der Waals surface area contributed by atoms with Crippen LogP contribution < -0.4 is 21.9 Å². The molecule has 0 unspecified atom stereocenters. The molecule has 10 heteroatoms. The van der Waals surface area contributed by atoms with Crippen LogP contribution in [-0.4, -0.2) is 38.5 Å². The second-order valence-corrected chi connectivity index (χ2v) is 7.46. The Hall–Kier alpha value is -2.91. The first kappa shape index (κ1) is 21.4. The largest absolute Gasteiger partial charge is 0.383 e. The van der Waals surface area contributed by atoms with Crippen LogP contribution in [0.1, 0.15) is 38.2 Å². The molecule has 0 fully saturated rings. The molecule has 0 aromatic carbocycles. The molecule has 0 aliphatic heterocycles. The second kappa shape index (κ2) is 8.85. The lowest BCUT2D eigenvalue weighted by atomic mass is 10.1. The summed E-state index contributed by atoms with van der Waals surface area (Å²) in [6.45, 7) is 7.49. The summed E-state index contributed by atoms with van der Waals surface area (Å²) >= 11 is 0.